The first-order valence-corrected chi connectivity index (χ1v) is 8.54. The van der Waals surface area contributed by atoms with Crippen molar-refractivity contribution in [2.45, 2.75) is 50.9 Å². The number of alkyl halides is 3. The molecule has 0 heterocycles. The highest BCUT2D eigenvalue weighted by molar-refractivity contribution is 14.0. The van der Waals surface area contributed by atoms with Crippen LogP contribution >= 0.6 is 24.0 Å². The Morgan fingerprint density at radius 3 is 2.41 bits per heavy atom. The van der Waals surface area contributed by atoms with Gasteiger partial charge in [0.25, 0.3) is 0 Å². The topological polar surface area (TPSA) is 88.7 Å². The van der Waals surface area contributed by atoms with Crippen LogP contribution in [-0.4, -0.2) is 30.8 Å². The number of carbonyl (C=O) groups is 1. The van der Waals surface area contributed by atoms with E-state index in [9.17, 15) is 18.0 Å². The van der Waals surface area contributed by atoms with Crippen LogP contribution in [0.2, 0.25) is 0 Å². The molecule has 1 aromatic carbocycles. The molecule has 27 heavy (non-hydrogen) atoms. The Morgan fingerprint density at radius 1 is 1.19 bits per heavy atom. The summed E-state index contributed by atoms with van der Waals surface area (Å²) < 4.78 is 40.1. The van der Waals surface area contributed by atoms with Crippen molar-refractivity contribution < 1.29 is 22.7 Å². The van der Waals surface area contributed by atoms with Crippen LogP contribution < -0.4 is 21.1 Å². The molecule has 0 unspecified atom stereocenters. The summed E-state index contributed by atoms with van der Waals surface area (Å²) in [6, 6.07) is 5.37. The lowest BCUT2D eigenvalue weighted by Gasteiger charge is -2.22. The van der Waals surface area contributed by atoms with E-state index in [0.717, 1.165) is 25.7 Å². The van der Waals surface area contributed by atoms with Gasteiger partial charge in [0.05, 0.1) is 6.54 Å². The molecule has 152 valence electrons. The Bertz CT molecular complexity index is 618. The Balaban J connectivity index is 0.00000364. The predicted octanol–water partition coefficient (Wildman–Crippen LogP) is 3.77. The second-order valence-electron chi connectivity index (χ2n) is 6.12. The molecule has 0 bridgehead atoms. The molecule has 1 saturated carbocycles. The summed E-state index contributed by atoms with van der Waals surface area (Å²) in [7, 11) is 0. The second-order valence-corrected chi connectivity index (χ2v) is 6.12. The monoisotopic (exact) mass is 500 g/mol. The largest absolute Gasteiger partial charge is 0.573 e. The number of guanidine groups is 1. The zero-order valence-corrected chi connectivity index (χ0v) is 17.1. The molecular weight excluding hydrogens is 476 g/mol. The number of halogens is 4. The number of nitrogens with one attached hydrogen (secondary N) is 2. The highest BCUT2D eigenvalue weighted by atomic mass is 127. The summed E-state index contributed by atoms with van der Waals surface area (Å²) in [6.45, 7) is 0.229. The smallest absolute Gasteiger partial charge is 0.406 e. The van der Waals surface area contributed by atoms with Crippen molar-refractivity contribution in [3.05, 3.63) is 24.3 Å². The van der Waals surface area contributed by atoms with Crippen molar-refractivity contribution in [1.82, 2.24) is 5.32 Å². The molecule has 0 radical (unpaired) electrons. The lowest BCUT2D eigenvalue weighted by Crippen LogP contribution is -2.36. The molecule has 1 fully saturated rings. The van der Waals surface area contributed by atoms with Gasteiger partial charge in [0.2, 0.25) is 5.91 Å². The molecule has 2 rings (SSSR count). The minimum absolute atomic E-state index is 0. The van der Waals surface area contributed by atoms with E-state index in [0.29, 0.717) is 5.69 Å². The minimum atomic E-state index is -4.73. The lowest BCUT2D eigenvalue weighted by molar-refractivity contribution is -0.274. The van der Waals surface area contributed by atoms with Gasteiger partial charge in [0, 0.05) is 18.2 Å². The molecule has 0 saturated heterocycles. The number of benzene rings is 1. The zero-order valence-electron chi connectivity index (χ0n) is 14.7. The van der Waals surface area contributed by atoms with Gasteiger partial charge in [-0.2, -0.15) is 0 Å². The van der Waals surface area contributed by atoms with Gasteiger partial charge >= 0.3 is 6.36 Å². The molecule has 0 aromatic heterocycles. The van der Waals surface area contributed by atoms with E-state index in [1.165, 1.54) is 30.7 Å². The number of aliphatic imine (C=N–C) groups is 1. The Labute approximate surface area is 173 Å². The molecular formula is C17H24F3IN4O2. The predicted molar refractivity (Wildman–Crippen MR) is 108 cm³/mol. The normalized spacial score (nSPS) is 15.6. The van der Waals surface area contributed by atoms with E-state index >= 15 is 0 Å². The minimum Gasteiger partial charge on any atom is -0.406 e. The van der Waals surface area contributed by atoms with Crippen LogP contribution in [0.5, 0.6) is 5.75 Å². The number of hydrogen-bond donors (Lipinski definition) is 3. The van der Waals surface area contributed by atoms with Gasteiger partial charge in [-0.1, -0.05) is 19.3 Å². The Hall–Kier alpha value is -1.72. The lowest BCUT2D eigenvalue weighted by atomic mass is 9.95. The van der Waals surface area contributed by atoms with Crippen LogP contribution in [0.3, 0.4) is 0 Å². The van der Waals surface area contributed by atoms with Crippen molar-refractivity contribution in [1.29, 1.82) is 0 Å². The molecule has 10 heteroatoms. The molecule has 6 nitrogen and oxygen atoms in total. The fraction of sp³-hybridized carbons (Fsp3) is 0.529. The van der Waals surface area contributed by atoms with Gasteiger partial charge in [-0.25, -0.2) is 0 Å². The third-order valence-corrected chi connectivity index (χ3v) is 3.95. The maximum absolute atomic E-state index is 12.1. The van der Waals surface area contributed by atoms with Gasteiger partial charge in [0.1, 0.15) is 5.75 Å². The highest BCUT2D eigenvalue weighted by Gasteiger charge is 2.30. The molecule has 0 aliphatic heterocycles. The number of ether oxygens (including phenoxy) is 1. The summed E-state index contributed by atoms with van der Waals surface area (Å²) in [5.41, 5.74) is 6.18. The van der Waals surface area contributed by atoms with Crippen LogP contribution in [0.1, 0.15) is 38.5 Å². The fourth-order valence-corrected chi connectivity index (χ4v) is 2.75. The third-order valence-electron chi connectivity index (χ3n) is 3.95. The molecule has 1 aromatic rings. The van der Waals surface area contributed by atoms with Crippen LogP contribution in [0.15, 0.2) is 29.3 Å². The molecule has 0 atom stereocenters. The van der Waals surface area contributed by atoms with Crippen molar-refractivity contribution in [2.24, 2.45) is 10.7 Å². The quantitative estimate of drug-likeness (QED) is 0.315. The summed E-state index contributed by atoms with van der Waals surface area (Å²) >= 11 is 0. The van der Waals surface area contributed by atoms with Crippen LogP contribution in [0.4, 0.5) is 18.9 Å². The van der Waals surface area contributed by atoms with Crippen molar-refractivity contribution >= 4 is 41.5 Å². The van der Waals surface area contributed by atoms with Crippen LogP contribution in [0.25, 0.3) is 0 Å². The SMILES string of the molecule is I.NC(=NCCC(=O)NC1CCCCC1)Nc1ccc(OC(F)(F)F)cc1. The van der Waals surface area contributed by atoms with Crippen molar-refractivity contribution in [2.75, 3.05) is 11.9 Å². The van der Waals surface area contributed by atoms with E-state index in [1.54, 1.807) is 0 Å². The first-order valence-electron chi connectivity index (χ1n) is 8.54. The summed E-state index contributed by atoms with van der Waals surface area (Å²) in [5, 5.41) is 5.74. The number of anilines is 1. The maximum Gasteiger partial charge on any atom is 0.573 e. The van der Waals surface area contributed by atoms with E-state index in [1.807, 2.05) is 0 Å². The molecule has 1 aliphatic rings. The van der Waals surface area contributed by atoms with Gasteiger partial charge in [-0.15, -0.1) is 37.1 Å². The van der Waals surface area contributed by atoms with Crippen LogP contribution in [-0.2, 0) is 4.79 Å². The number of rotatable bonds is 6. The number of hydrogen-bond acceptors (Lipinski definition) is 3. The van der Waals surface area contributed by atoms with Crippen molar-refractivity contribution in [3.63, 3.8) is 0 Å². The number of carbonyl (C=O) groups excluding carboxylic acids is 1. The van der Waals surface area contributed by atoms with E-state index in [4.69, 9.17) is 5.73 Å². The summed E-state index contributed by atoms with van der Waals surface area (Å²) in [6.07, 6.45) is 1.06. The molecule has 4 N–H and O–H groups in total. The first kappa shape index (κ1) is 23.3. The van der Waals surface area contributed by atoms with Gasteiger partial charge in [-0.3, -0.25) is 9.79 Å². The standard InChI is InChI=1S/C17H23F3N4O2.HI/c18-17(19,20)26-14-8-6-13(7-9-14)24-16(21)22-11-10-15(25)23-12-4-2-1-3-5-12;/h6-9,12H,1-5,10-11H2,(H,23,25)(H3,21,22,24);1H. The average Bonchev–Trinajstić information content (AvgIpc) is 2.56. The average molecular weight is 500 g/mol. The first-order chi connectivity index (χ1) is 12.3. The van der Waals surface area contributed by atoms with E-state index in [2.05, 4.69) is 20.4 Å². The number of nitrogens with two attached hydrogens (primary N) is 1. The summed E-state index contributed by atoms with van der Waals surface area (Å²) in [5.74, 6) is -0.292. The highest BCUT2D eigenvalue weighted by Crippen LogP contribution is 2.23. The van der Waals surface area contributed by atoms with Gasteiger partial charge in [0.15, 0.2) is 5.96 Å². The second kappa shape index (κ2) is 11.2. The third kappa shape index (κ3) is 9.68. The number of nitrogens with zero attached hydrogens (tertiary/aromatic N) is 1. The van der Waals surface area contributed by atoms with E-state index in [-0.39, 0.29) is 60.6 Å². The zero-order chi connectivity index (χ0) is 19.0. The fourth-order valence-electron chi connectivity index (χ4n) is 2.75. The van der Waals surface area contributed by atoms with Gasteiger partial charge < -0.3 is 21.1 Å². The number of amides is 1. The molecule has 1 amide bonds. The van der Waals surface area contributed by atoms with Crippen molar-refractivity contribution in [3.8, 4) is 5.75 Å². The molecule has 0 spiro atoms. The Kier molecular flexibility index (Phi) is 9.67. The maximum atomic E-state index is 12.1. The van der Waals surface area contributed by atoms with Gasteiger partial charge in [-0.05, 0) is 37.1 Å². The molecule has 1 aliphatic carbocycles. The van der Waals surface area contributed by atoms with E-state index < -0.39 is 6.36 Å². The van der Waals surface area contributed by atoms with Crippen LogP contribution in [0, 0.1) is 0 Å². The summed E-state index contributed by atoms with van der Waals surface area (Å²) in [4.78, 5) is 15.9. The Morgan fingerprint density at radius 2 is 1.81 bits per heavy atom.